The molecule has 1 aliphatic rings. The molecule has 2 heterocycles. The number of halogens is 2. The second-order valence-electron chi connectivity index (χ2n) is 10.3. The summed E-state index contributed by atoms with van der Waals surface area (Å²) >= 11 is 6.05. The number of rotatable bonds is 8. The third-order valence-electron chi connectivity index (χ3n) is 7.02. The molecule has 1 aliphatic heterocycles. The highest BCUT2D eigenvalue weighted by Crippen LogP contribution is 2.35. The number of aromatic nitrogens is 2. The van der Waals surface area contributed by atoms with Crippen molar-refractivity contribution in [1.82, 2.24) is 9.55 Å². The number of carboxylic acids is 1. The summed E-state index contributed by atoms with van der Waals surface area (Å²) in [6.45, 7) is 7.07. The number of aryl methyl sites for hydroxylation is 1. The number of quaternary nitrogens is 1. The van der Waals surface area contributed by atoms with Crippen LogP contribution >= 0.6 is 11.6 Å². The number of H-pyrrole nitrogens is 1. The minimum atomic E-state index is -1.30. The van der Waals surface area contributed by atoms with Gasteiger partial charge in [0.05, 0.1) is 19.1 Å². The number of likely N-dealkylation sites (tertiary alicyclic amines) is 1. The molecule has 3 aromatic rings. The fraction of sp³-hybridized carbons (Fsp3) is 0.393. The Morgan fingerprint density at radius 3 is 2.74 bits per heavy atom. The summed E-state index contributed by atoms with van der Waals surface area (Å²) in [7, 11) is 0. The van der Waals surface area contributed by atoms with Crippen molar-refractivity contribution < 1.29 is 23.9 Å². The number of carboxylic acid groups (broad SMARTS) is 1. The molecule has 1 unspecified atom stereocenters. The lowest BCUT2D eigenvalue weighted by molar-refractivity contribution is -0.939. The predicted octanol–water partition coefficient (Wildman–Crippen LogP) is 4.14. The van der Waals surface area contributed by atoms with Crippen molar-refractivity contribution in [3.8, 4) is 11.5 Å². The molecule has 0 spiro atoms. The smallest absolute Gasteiger partial charge is 0.339 e. The summed E-state index contributed by atoms with van der Waals surface area (Å²) in [6, 6.07) is 8.80. The highest BCUT2D eigenvalue weighted by Gasteiger charge is 2.35. The van der Waals surface area contributed by atoms with Crippen molar-refractivity contribution in [3.05, 3.63) is 91.0 Å². The van der Waals surface area contributed by atoms with E-state index in [-0.39, 0.29) is 35.1 Å². The molecule has 3 N–H and O–H groups in total. The first-order valence-corrected chi connectivity index (χ1v) is 13.1. The van der Waals surface area contributed by atoms with Gasteiger partial charge in [-0.1, -0.05) is 31.5 Å². The van der Waals surface area contributed by atoms with E-state index in [9.17, 15) is 19.5 Å². The van der Waals surface area contributed by atoms with Gasteiger partial charge in [0.25, 0.3) is 5.56 Å². The summed E-state index contributed by atoms with van der Waals surface area (Å²) in [5.41, 5.74) is -0.329. The first-order chi connectivity index (χ1) is 18.0. The Morgan fingerprint density at radius 1 is 1.29 bits per heavy atom. The molecule has 3 atom stereocenters. The van der Waals surface area contributed by atoms with Gasteiger partial charge in [-0.2, -0.15) is 0 Å². The molecule has 8 nitrogen and oxygen atoms in total. The molecule has 0 bridgehead atoms. The van der Waals surface area contributed by atoms with E-state index in [0.29, 0.717) is 29.1 Å². The molecule has 0 saturated carbocycles. The van der Waals surface area contributed by atoms with Crippen molar-refractivity contribution in [1.29, 1.82) is 0 Å². The maximum atomic E-state index is 16.2. The topological polar surface area (TPSA) is 106 Å². The van der Waals surface area contributed by atoms with Gasteiger partial charge in [0.2, 0.25) is 0 Å². The van der Waals surface area contributed by atoms with Gasteiger partial charge in [0, 0.05) is 28.8 Å². The first-order valence-electron chi connectivity index (χ1n) is 12.7. The second-order valence-corrected chi connectivity index (χ2v) is 10.7. The number of piperidine rings is 1. The highest BCUT2D eigenvalue weighted by atomic mass is 35.5. The number of hydrogen-bond donors (Lipinski definition) is 3. The Labute approximate surface area is 224 Å². The number of benzene rings is 2. The minimum absolute atomic E-state index is 0.167. The summed E-state index contributed by atoms with van der Waals surface area (Å²) < 4.78 is 23.5. The standard InChI is InChI=1S/C28H31ClFN3O5/c1-16(2)12-23(32-11-5-7-19(15-32)33-14-17(3)26(34)31-28(33)37)21-9-10-22(27(35)36)25(24(21)30)38-20-8-4-6-18(29)13-20/h4,6,8-10,13-14,16,19,23H,5,7,11-12,15H2,1-3H3,(H,35,36)(H,31,34,37)/p+1/t19-,23+/m0/s1. The van der Waals surface area contributed by atoms with E-state index in [1.165, 1.54) is 18.2 Å². The third kappa shape index (κ3) is 6.00. The van der Waals surface area contributed by atoms with Crippen LogP contribution in [0.25, 0.3) is 0 Å². The van der Waals surface area contributed by atoms with Crippen molar-refractivity contribution in [2.24, 2.45) is 5.92 Å². The predicted molar refractivity (Wildman–Crippen MR) is 142 cm³/mol. The van der Waals surface area contributed by atoms with Crippen LogP contribution in [0.5, 0.6) is 11.5 Å². The van der Waals surface area contributed by atoms with Crippen LogP contribution in [0.2, 0.25) is 5.02 Å². The lowest BCUT2D eigenvalue weighted by Crippen LogP contribution is -3.14. The van der Waals surface area contributed by atoms with Crippen LogP contribution < -0.4 is 20.9 Å². The zero-order valence-electron chi connectivity index (χ0n) is 21.6. The Morgan fingerprint density at radius 2 is 2.05 bits per heavy atom. The molecular weight excluding hydrogens is 513 g/mol. The van der Waals surface area contributed by atoms with E-state index in [0.717, 1.165) is 24.3 Å². The lowest BCUT2D eigenvalue weighted by atomic mass is 9.91. The van der Waals surface area contributed by atoms with Gasteiger partial charge in [-0.05, 0) is 56.0 Å². The summed E-state index contributed by atoms with van der Waals surface area (Å²) in [5.74, 6) is -1.92. The van der Waals surface area contributed by atoms with Gasteiger partial charge < -0.3 is 14.7 Å². The van der Waals surface area contributed by atoms with Crippen LogP contribution in [-0.4, -0.2) is 33.7 Å². The molecule has 0 radical (unpaired) electrons. The summed E-state index contributed by atoms with van der Waals surface area (Å²) in [5, 5.41) is 10.1. The Balaban J connectivity index is 1.74. The van der Waals surface area contributed by atoms with Crippen molar-refractivity contribution in [2.75, 3.05) is 13.1 Å². The van der Waals surface area contributed by atoms with E-state index in [4.69, 9.17) is 16.3 Å². The SMILES string of the molecule is Cc1cn([C@H]2CCC[NH+]([C@H](CC(C)C)c3ccc(C(=O)O)c(Oc4cccc(Cl)c4)c3F)C2)c(=O)[nH]c1=O. The van der Waals surface area contributed by atoms with Crippen LogP contribution in [-0.2, 0) is 0 Å². The molecular formula is C28H32ClFN3O5+. The largest absolute Gasteiger partial charge is 0.478 e. The van der Waals surface area contributed by atoms with E-state index >= 15 is 4.39 Å². The zero-order valence-corrected chi connectivity index (χ0v) is 22.3. The van der Waals surface area contributed by atoms with Gasteiger partial charge in [-0.3, -0.25) is 14.3 Å². The van der Waals surface area contributed by atoms with Crippen LogP contribution in [0.15, 0.2) is 52.2 Å². The molecule has 2 aromatic carbocycles. The quantitative estimate of drug-likeness (QED) is 0.395. The number of carbonyl (C=O) groups is 1. The van der Waals surface area contributed by atoms with Crippen molar-refractivity contribution >= 4 is 17.6 Å². The number of ether oxygens (including phenoxy) is 1. The lowest BCUT2D eigenvalue weighted by Gasteiger charge is -2.37. The van der Waals surface area contributed by atoms with Crippen molar-refractivity contribution in [2.45, 2.75) is 52.1 Å². The third-order valence-corrected chi connectivity index (χ3v) is 7.26. The monoisotopic (exact) mass is 544 g/mol. The van der Waals surface area contributed by atoms with Gasteiger partial charge in [0.15, 0.2) is 11.6 Å². The molecule has 10 heteroatoms. The molecule has 4 rings (SSSR count). The average Bonchev–Trinajstić information content (AvgIpc) is 2.86. The van der Waals surface area contributed by atoms with E-state index in [1.54, 1.807) is 35.9 Å². The van der Waals surface area contributed by atoms with E-state index in [2.05, 4.69) is 18.8 Å². The van der Waals surface area contributed by atoms with Gasteiger partial charge >= 0.3 is 11.7 Å². The van der Waals surface area contributed by atoms with Crippen LogP contribution in [0.3, 0.4) is 0 Å². The fourth-order valence-corrected chi connectivity index (χ4v) is 5.40. The van der Waals surface area contributed by atoms with E-state index in [1.807, 2.05) is 0 Å². The number of nitrogens with one attached hydrogen (secondary N) is 2. The molecule has 202 valence electrons. The number of nitrogens with zero attached hydrogens (tertiary/aromatic N) is 1. The second kappa shape index (κ2) is 11.5. The van der Waals surface area contributed by atoms with Gasteiger partial charge in [-0.15, -0.1) is 0 Å². The molecule has 38 heavy (non-hydrogen) atoms. The number of aromatic amines is 1. The minimum Gasteiger partial charge on any atom is -0.478 e. The number of hydrogen-bond acceptors (Lipinski definition) is 4. The molecule has 0 amide bonds. The Hall–Kier alpha value is -3.43. The molecule has 1 aromatic heterocycles. The van der Waals surface area contributed by atoms with E-state index < -0.39 is 23.0 Å². The van der Waals surface area contributed by atoms with Crippen LogP contribution in [0, 0.1) is 18.7 Å². The first kappa shape index (κ1) is 27.6. The summed E-state index contributed by atoms with van der Waals surface area (Å²) in [6.07, 6.45) is 3.79. The maximum Gasteiger partial charge on any atom is 0.339 e. The van der Waals surface area contributed by atoms with Crippen molar-refractivity contribution in [3.63, 3.8) is 0 Å². The normalized spacial score (nSPS) is 18.4. The molecule has 0 aliphatic carbocycles. The molecule has 1 fully saturated rings. The zero-order chi connectivity index (χ0) is 27.6. The Bertz CT molecular complexity index is 1450. The van der Waals surface area contributed by atoms with Gasteiger partial charge in [0.1, 0.15) is 17.4 Å². The maximum absolute atomic E-state index is 16.2. The average molecular weight is 545 g/mol. The molecule has 1 saturated heterocycles. The fourth-order valence-electron chi connectivity index (χ4n) is 5.22. The number of aromatic carboxylic acids is 1. The van der Waals surface area contributed by atoms with Crippen LogP contribution in [0.4, 0.5) is 4.39 Å². The highest BCUT2D eigenvalue weighted by molar-refractivity contribution is 6.30. The van der Waals surface area contributed by atoms with Crippen LogP contribution in [0.1, 0.15) is 66.7 Å². The summed E-state index contributed by atoms with van der Waals surface area (Å²) in [4.78, 5) is 39.8. The van der Waals surface area contributed by atoms with Gasteiger partial charge in [-0.25, -0.2) is 14.0 Å². The Kier molecular flexibility index (Phi) is 8.38.